The van der Waals surface area contributed by atoms with Crippen molar-refractivity contribution in [3.8, 4) is 0 Å². The molecule has 9 nitrogen and oxygen atoms in total. The highest BCUT2D eigenvalue weighted by atomic mass is 32.2. The molecule has 0 fully saturated rings. The molecule has 0 atom stereocenters. The third-order valence-corrected chi connectivity index (χ3v) is 3.48. The van der Waals surface area contributed by atoms with Crippen LogP contribution in [0, 0.1) is 24.0 Å². The van der Waals surface area contributed by atoms with Crippen molar-refractivity contribution in [3.05, 3.63) is 39.4 Å². The van der Waals surface area contributed by atoms with Gasteiger partial charge in [-0.25, -0.2) is 9.97 Å². The van der Waals surface area contributed by atoms with Crippen molar-refractivity contribution >= 4 is 23.3 Å². The van der Waals surface area contributed by atoms with Crippen LogP contribution >= 0.6 is 11.8 Å². The fourth-order valence-corrected chi connectivity index (χ4v) is 2.28. The second-order valence-electron chi connectivity index (χ2n) is 4.01. The summed E-state index contributed by atoms with van der Waals surface area (Å²) in [4.78, 5) is 18.6. The largest absolute Gasteiger partial charge is 0.436 e. The van der Waals surface area contributed by atoms with Gasteiger partial charge in [0.05, 0.1) is 10.6 Å². The van der Waals surface area contributed by atoms with E-state index in [-0.39, 0.29) is 27.3 Å². The highest BCUT2D eigenvalue weighted by Gasteiger charge is 2.21. The summed E-state index contributed by atoms with van der Waals surface area (Å²) in [5.74, 6) is 0.374. The standard InChI is InChI=1S/C11H11N5O4S/c1-5-6(2)20-11(14-5)21-10-8(16(18)19)3-7(4-13-10)9(12)15-17/h3-4,17H,1-2H3,(H2,12,15). The predicted octanol–water partition coefficient (Wildman–Crippen LogP) is 1.84. The predicted molar refractivity (Wildman–Crippen MR) is 73.5 cm³/mol. The van der Waals surface area contributed by atoms with Crippen LogP contribution in [0.25, 0.3) is 0 Å². The first kappa shape index (κ1) is 14.8. The Balaban J connectivity index is 2.41. The molecule has 2 heterocycles. The van der Waals surface area contributed by atoms with E-state index in [1.165, 1.54) is 12.3 Å². The van der Waals surface area contributed by atoms with E-state index in [9.17, 15) is 10.1 Å². The first-order valence-electron chi connectivity index (χ1n) is 5.66. The first-order chi connectivity index (χ1) is 9.92. The van der Waals surface area contributed by atoms with Gasteiger partial charge in [0.1, 0.15) is 5.76 Å². The number of rotatable bonds is 4. The van der Waals surface area contributed by atoms with Crippen LogP contribution < -0.4 is 5.73 Å². The maximum atomic E-state index is 11.1. The van der Waals surface area contributed by atoms with Crippen LogP contribution in [0.5, 0.6) is 0 Å². The number of oxime groups is 1. The monoisotopic (exact) mass is 309 g/mol. The quantitative estimate of drug-likeness (QED) is 0.286. The van der Waals surface area contributed by atoms with Gasteiger partial charge in [0, 0.05) is 17.8 Å². The number of hydrogen-bond acceptors (Lipinski definition) is 8. The van der Waals surface area contributed by atoms with E-state index in [2.05, 4.69) is 15.1 Å². The summed E-state index contributed by atoms with van der Waals surface area (Å²) in [7, 11) is 0. The van der Waals surface area contributed by atoms with Crippen molar-refractivity contribution in [1.29, 1.82) is 0 Å². The average molecular weight is 309 g/mol. The van der Waals surface area contributed by atoms with Crippen LogP contribution in [0.3, 0.4) is 0 Å². The van der Waals surface area contributed by atoms with E-state index in [0.717, 1.165) is 11.8 Å². The highest BCUT2D eigenvalue weighted by Crippen LogP contribution is 2.33. The molecule has 2 aromatic heterocycles. The molecule has 0 unspecified atom stereocenters. The molecule has 21 heavy (non-hydrogen) atoms. The number of amidine groups is 1. The third-order valence-electron chi connectivity index (χ3n) is 2.63. The van der Waals surface area contributed by atoms with Gasteiger partial charge in [-0.15, -0.1) is 0 Å². The van der Waals surface area contributed by atoms with Crippen LogP contribution in [0.15, 0.2) is 32.1 Å². The molecule has 0 bridgehead atoms. The maximum Gasteiger partial charge on any atom is 0.302 e. The van der Waals surface area contributed by atoms with Gasteiger partial charge in [0.2, 0.25) is 0 Å². The minimum atomic E-state index is -0.605. The van der Waals surface area contributed by atoms with Crippen LogP contribution in [0.1, 0.15) is 17.0 Å². The minimum absolute atomic E-state index is 0.107. The average Bonchev–Trinajstić information content (AvgIpc) is 2.76. The summed E-state index contributed by atoms with van der Waals surface area (Å²) in [6, 6.07) is 1.17. The lowest BCUT2D eigenvalue weighted by Gasteiger charge is -2.02. The van der Waals surface area contributed by atoms with Gasteiger partial charge in [-0.2, -0.15) is 0 Å². The van der Waals surface area contributed by atoms with Gasteiger partial charge in [0.15, 0.2) is 10.9 Å². The zero-order chi connectivity index (χ0) is 15.6. The Hall–Kier alpha value is -2.62. The van der Waals surface area contributed by atoms with E-state index < -0.39 is 4.92 Å². The summed E-state index contributed by atoms with van der Waals surface area (Å²) in [6.45, 7) is 3.52. The van der Waals surface area contributed by atoms with Gasteiger partial charge in [-0.3, -0.25) is 10.1 Å². The van der Waals surface area contributed by atoms with Gasteiger partial charge < -0.3 is 15.4 Å². The Morgan fingerprint density at radius 3 is 2.81 bits per heavy atom. The number of aromatic nitrogens is 2. The highest BCUT2D eigenvalue weighted by molar-refractivity contribution is 7.99. The summed E-state index contributed by atoms with van der Waals surface area (Å²) in [6.07, 6.45) is 1.27. The molecule has 0 aliphatic heterocycles. The molecule has 2 rings (SSSR count). The van der Waals surface area contributed by atoms with E-state index in [1.807, 2.05) is 0 Å². The number of pyridine rings is 1. The van der Waals surface area contributed by atoms with Gasteiger partial charge in [-0.05, 0) is 25.6 Å². The Kier molecular flexibility index (Phi) is 4.08. The van der Waals surface area contributed by atoms with Crippen molar-refractivity contribution in [1.82, 2.24) is 9.97 Å². The SMILES string of the molecule is Cc1nc(Sc2ncc(C(N)=NO)cc2[N+](=O)[O-])oc1C. The Morgan fingerprint density at radius 1 is 1.57 bits per heavy atom. The Bertz CT molecular complexity index is 708. The number of nitrogens with two attached hydrogens (primary N) is 1. The second kappa shape index (κ2) is 5.79. The molecule has 0 amide bonds. The number of nitrogens with zero attached hydrogens (tertiary/aromatic N) is 4. The lowest BCUT2D eigenvalue weighted by atomic mass is 10.2. The Labute approximate surface area is 123 Å². The smallest absolute Gasteiger partial charge is 0.302 e. The van der Waals surface area contributed by atoms with Gasteiger partial charge >= 0.3 is 5.69 Å². The van der Waals surface area contributed by atoms with Crippen LogP contribution in [0.4, 0.5) is 5.69 Å². The lowest BCUT2D eigenvalue weighted by Crippen LogP contribution is -2.14. The molecule has 10 heteroatoms. The zero-order valence-electron chi connectivity index (χ0n) is 11.1. The van der Waals surface area contributed by atoms with Crippen molar-refractivity contribution in [2.24, 2.45) is 10.9 Å². The minimum Gasteiger partial charge on any atom is -0.436 e. The second-order valence-corrected chi connectivity index (χ2v) is 4.95. The molecule has 3 N–H and O–H groups in total. The fourth-order valence-electron chi connectivity index (χ4n) is 1.42. The number of aryl methyl sites for hydroxylation is 2. The lowest BCUT2D eigenvalue weighted by molar-refractivity contribution is -0.388. The van der Waals surface area contributed by atoms with Gasteiger partial charge in [-0.1, -0.05) is 5.16 Å². The zero-order valence-corrected chi connectivity index (χ0v) is 11.9. The van der Waals surface area contributed by atoms with Crippen LogP contribution in [-0.2, 0) is 0 Å². The van der Waals surface area contributed by atoms with Crippen molar-refractivity contribution in [3.63, 3.8) is 0 Å². The van der Waals surface area contributed by atoms with Crippen molar-refractivity contribution in [2.75, 3.05) is 0 Å². The maximum absolute atomic E-state index is 11.1. The number of hydrogen-bond donors (Lipinski definition) is 2. The third kappa shape index (κ3) is 3.11. The van der Waals surface area contributed by atoms with E-state index >= 15 is 0 Å². The Morgan fingerprint density at radius 2 is 2.29 bits per heavy atom. The topological polar surface area (TPSA) is 141 Å². The van der Waals surface area contributed by atoms with Crippen molar-refractivity contribution < 1.29 is 14.5 Å². The summed E-state index contributed by atoms with van der Waals surface area (Å²) >= 11 is 0.932. The summed E-state index contributed by atoms with van der Waals surface area (Å²) in [5.41, 5.74) is 5.96. The molecule has 0 aliphatic rings. The molecular weight excluding hydrogens is 298 g/mol. The number of oxazole rings is 1. The normalized spacial score (nSPS) is 11.6. The molecule has 0 aromatic carbocycles. The van der Waals surface area contributed by atoms with E-state index in [0.29, 0.717) is 11.5 Å². The number of nitro groups is 1. The molecular formula is C11H11N5O4S. The first-order valence-corrected chi connectivity index (χ1v) is 6.48. The van der Waals surface area contributed by atoms with E-state index in [1.54, 1.807) is 13.8 Å². The molecule has 0 saturated carbocycles. The van der Waals surface area contributed by atoms with Crippen LogP contribution in [0.2, 0.25) is 0 Å². The van der Waals surface area contributed by atoms with Crippen LogP contribution in [-0.4, -0.2) is 25.9 Å². The molecule has 0 radical (unpaired) electrons. The van der Waals surface area contributed by atoms with E-state index in [4.69, 9.17) is 15.4 Å². The van der Waals surface area contributed by atoms with Crippen molar-refractivity contribution in [2.45, 2.75) is 24.1 Å². The molecule has 0 saturated heterocycles. The molecule has 2 aromatic rings. The summed E-state index contributed by atoms with van der Waals surface area (Å²) in [5, 5.41) is 22.8. The fraction of sp³-hybridized carbons (Fsp3) is 0.182. The molecule has 0 spiro atoms. The molecule has 110 valence electrons. The molecule has 0 aliphatic carbocycles. The van der Waals surface area contributed by atoms with Gasteiger partial charge in [0.25, 0.3) is 5.22 Å². The summed E-state index contributed by atoms with van der Waals surface area (Å²) < 4.78 is 5.35.